The van der Waals surface area contributed by atoms with Crippen LogP contribution >= 0.6 is 0 Å². The number of carboxylic acid groups (broad SMARTS) is 1. The number of aliphatic carboxylic acids is 1. The minimum absolute atomic E-state index is 0.308. The van der Waals surface area contributed by atoms with Gasteiger partial charge in [-0.2, -0.15) is 0 Å². The van der Waals surface area contributed by atoms with Crippen LogP contribution in [0.25, 0.3) is 0 Å². The topological polar surface area (TPSA) is 81.8 Å². The Balaban J connectivity index is 2.78. The molecule has 1 aliphatic rings. The highest BCUT2D eigenvalue weighted by molar-refractivity contribution is 5.72. The number of hydrazine groups is 1. The average Bonchev–Trinajstić information content (AvgIpc) is 2.53. The molecule has 6 nitrogen and oxygen atoms in total. The number of nitrogens with two attached hydrogens (primary N) is 1. The summed E-state index contributed by atoms with van der Waals surface area (Å²) in [4.78, 5) is 10.8. The molecule has 1 heterocycles. The summed E-state index contributed by atoms with van der Waals surface area (Å²) in [5.74, 6) is -0.0705. The van der Waals surface area contributed by atoms with Crippen molar-refractivity contribution < 1.29 is 14.3 Å². The van der Waals surface area contributed by atoms with Crippen LogP contribution in [0, 0.1) is 0 Å². The average molecular weight is 314 g/mol. The molecule has 0 fully saturated rings. The Hall–Kier alpha value is -1.60. The number of hydrogen-bond acceptors (Lipinski definition) is 5. The molecule has 0 amide bonds. The largest absolute Gasteiger partial charge is 0.480 e. The number of hydrogen-bond donors (Lipinski definition) is 3. The summed E-state index contributed by atoms with van der Waals surface area (Å²) in [6.45, 7) is 5.27. The number of alkyl halides is 1. The normalized spacial score (nSPS) is 16.4. The van der Waals surface area contributed by atoms with Crippen molar-refractivity contribution in [1.82, 2.24) is 15.3 Å². The standard InChI is InChI=1S/C15H27FN4O2/c1-3-12-6-4-9-18-14(12)19(2)20(10-5-8-16)11-7-13(17)15(21)22/h3,13,18H,1,4-11,17H2,2H3,(H,21,22)/t13-/m0/s1. The van der Waals surface area contributed by atoms with Crippen LogP contribution in [0.1, 0.15) is 25.7 Å². The van der Waals surface area contributed by atoms with Gasteiger partial charge in [0.1, 0.15) is 11.9 Å². The lowest BCUT2D eigenvalue weighted by atomic mass is 10.1. The fourth-order valence-corrected chi connectivity index (χ4v) is 2.45. The predicted molar refractivity (Wildman–Crippen MR) is 84.6 cm³/mol. The molecule has 0 aromatic heterocycles. The molecule has 0 aromatic rings. The molecule has 0 radical (unpaired) electrons. The Morgan fingerprint density at radius 3 is 2.91 bits per heavy atom. The smallest absolute Gasteiger partial charge is 0.320 e. The minimum Gasteiger partial charge on any atom is -0.480 e. The molecule has 4 N–H and O–H groups in total. The summed E-state index contributed by atoms with van der Waals surface area (Å²) in [5, 5.41) is 16.1. The quantitative estimate of drug-likeness (QED) is 0.524. The zero-order valence-electron chi connectivity index (χ0n) is 13.2. The molecule has 0 bridgehead atoms. The highest BCUT2D eigenvalue weighted by atomic mass is 19.1. The summed E-state index contributed by atoms with van der Waals surface area (Å²) in [5.41, 5.74) is 6.68. The molecule has 1 aliphatic heterocycles. The van der Waals surface area contributed by atoms with Crippen molar-refractivity contribution in [2.45, 2.75) is 31.7 Å². The summed E-state index contributed by atoms with van der Waals surface area (Å²) in [7, 11) is 1.89. The van der Waals surface area contributed by atoms with Crippen LogP contribution in [0.4, 0.5) is 4.39 Å². The van der Waals surface area contributed by atoms with Gasteiger partial charge in [0.05, 0.1) is 6.67 Å². The van der Waals surface area contributed by atoms with Gasteiger partial charge in [0, 0.05) is 26.7 Å². The maximum atomic E-state index is 12.5. The lowest BCUT2D eigenvalue weighted by Gasteiger charge is -2.38. The summed E-state index contributed by atoms with van der Waals surface area (Å²) in [6.07, 6.45) is 4.52. The predicted octanol–water partition coefficient (Wildman–Crippen LogP) is 1.08. The SMILES string of the molecule is C=CC1=C(N(C)N(CCCF)CC[C@H](N)C(=O)O)NCCC1. The third-order valence-electron chi connectivity index (χ3n) is 3.78. The van der Waals surface area contributed by atoms with Gasteiger partial charge in [0.15, 0.2) is 0 Å². The molecule has 1 rings (SSSR count). The molecule has 0 aromatic carbocycles. The Labute approximate surface area is 131 Å². The molecule has 1 atom stereocenters. The van der Waals surface area contributed by atoms with Gasteiger partial charge >= 0.3 is 5.97 Å². The van der Waals surface area contributed by atoms with Crippen molar-refractivity contribution in [2.24, 2.45) is 5.73 Å². The lowest BCUT2D eigenvalue weighted by molar-refractivity contribution is -0.139. The molecule has 0 aliphatic carbocycles. The Morgan fingerprint density at radius 2 is 2.32 bits per heavy atom. The third kappa shape index (κ3) is 5.31. The summed E-state index contributed by atoms with van der Waals surface area (Å²) < 4.78 is 12.5. The van der Waals surface area contributed by atoms with E-state index in [2.05, 4.69) is 11.9 Å². The van der Waals surface area contributed by atoms with E-state index in [1.807, 2.05) is 23.1 Å². The Bertz CT molecular complexity index is 414. The molecule has 22 heavy (non-hydrogen) atoms. The van der Waals surface area contributed by atoms with E-state index >= 15 is 0 Å². The van der Waals surface area contributed by atoms with E-state index in [1.165, 1.54) is 0 Å². The van der Waals surface area contributed by atoms with Gasteiger partial charge in [-0.1, -0.05) is 12.7 Å². The van der Waals surface area contributed by atoms with Crippen molar-refractivity contribution in [3.63, 3.8) is 0 Å². The zero-order valence-corrected chi connectivity index (χ0v) is 13.2. The highest BCUT2D eigenvalue weighted by Gasteiger charge is 2.21. The maximum absolute atomic E-state index is 12.5. The van der Waals surface area contributed by atoms with Crippen molar-refractivity contribution in [3.05, 3.63) is 24.0 Å². The van der Waals surface area contributed by atoms with E-state index in [9.17, 15) is 9.18 Å². The Kier molecular flexibility index (Phi) is 7.90. The molecule has 0 saturated carbocycles. The van der Waals surface area contributed by atoms with Crippen molar-refractivity contribution >= 4 is 5.97 Å². The van der Waals surface area contributed by atoms with Crippen molar-refractivity contribution in [2.75, 3.05) is 33.4 Å². The second-order valence-electron chi connectivity index (χ2n) is 5.36. The van der Waals surface area contributed by atoms with Crippen LogP contribution in [0.3, 0.4) is 0 Å². The third-order valence-corrected chi connectivity index (χ3v) is 3.78. The van der Waals surface area contributed by atoms with Crippen LogP contribution < -0.4 is 11.1 Å². The number of rotatable bonds is 10. The van der Waals surface area contributed by atoms with Gasteiger partial charge < -0.3 is 16.2 Å². The number of allylic oxidation sites excluding steroid dienone is 2. The fraction of sp³-hybridized carbons (Fsp3) is 0.667. The van der Waals surface area contributed by atoms with Gasteiger partial charge in [-0.3, -0.25) is 14.2 Å². The lowest BCUT2D eigenvalue weighted by Crippen LogP contribution is -2.47. The first-order valence-corrected chi connectivity index (χ1v) is 7.63. The van der Waals surface area contributed by atoms with Gasteiger partial charge in [-0.05, 0) is 31.3 Å². The van der Waals surface area contributed by atoms with Crippen LogP contribution in [0.15, 0.2) is 24.0 Å². The minimum atomic E-state index is -1.02. The first kappa shape index (κ1) is 18.4. The van der Waals surface area contributed by atoms with Crippen LogP contribution in [-0.4, -0.2) is 60.5 Å². The van der Waals surface area contributed by atoms with E-state index in [-0.39, 0.29) is 0 Å². The van der Waals surface area contributed by atoms with Crippen LogP contribution in [-0.2, 0) is 4.79 Å². The number of nitrogens with one attached hydrogen (secondary N) is 1. The molecule has 0 spiro atoms. The van der Waals surface area contributed by atoms with Crippen LogP contribution in [0.2, 0.25) is 0 Å². The Morgan fingerprint density at radius 1 is 1.59 bits per heavy atom. The first-order valence-electron chi connectivity index (χ1n) is 7.63. The van der Waals surface area contributed by atoms with Gasteiger partial charge in [-0.25, -0.2) is 5.01 Å². The van der Waals surface area contributed by atoms with Gasteiger partial charge in [0.25, 0.3) is 0 Å². The molecule has 0 unspecified atom stereocenters. The summed E-state index contributed by atoms with van der Waals surface area (Å²) in [6, 6.07) is -0.909. The van der Waals surface area contributed by atoms with E-state index in [1.54, 1.807) is 0 Å². The first-order chi connectivity index (χ1) is 10.5. The van der Waals surface area contributed by atoms with Gasteiger partial charge in [-0.15, -0.1) is 0 Å². The maximum Gasteiger partial charge on any atom is 0.320 e. The van der Waals surface area contributed by atoms with Crippen molar-refractivity contribution in [1.29, 1.82) is 0 Å². The highest BCUT2D eigenvalue weighted by Crippen LogP contribution is 2.19. The second kappa shape index (κ2) is 9.42. The number of carboxylic acids is 1. The van der Waals surface area contributed by atoms with E-state index in [0.29, 0.717) is 25.9 Å². The van der Waals surface area contributed by atoms with E-state index in [0.717, 1.165) is 30.8 Å². The molecule has 126 valence electrons. The van der Waals surface area contributed by atoms with Crippen LogP contribution in [0.5, 0.6) is 0 Å². The second-order valence-corrected chi connectivity index (χ2v) is 5.36. The van der Waals surface area contributed by atoms with Crippen molar-refractivity contribution in [3.8, 4) is 0 Å². The molecule has 7 heteroatoms. The molecular formula is C15H27FN4O2. The number of nitrogens with zero attached hydrogens (tertiary/aromatic N) is 2. The fourth-order valence-electron chi connectivity index (χ4n) is 2.45. The zero-order chi connectivity index (χ0) is 16.5. The summed E-state index contributed by atoms with van der Waals surface area (Å²) >= 11 is 0. The monoisotopic (exact) mass is 314 g/mol. The number of carbonyl (C=O) groups is 1. The van der Waals surface area contributed by atoms with Gasteiger partial charge in [0.2, 0.25) is 0 Å². The molecular weight excluding hydrogens is 287 g/mol. The van der Waals surface area contributed by atoms with E-state index < -0.39 is 18.7 Å². The van der Waals surface area contributed by atoms with E-state index in [4.69, 9.17) is 10.8 Å². The number of halogens is 1. The molecule has 0 saturated heterocycles.